The van der Waals surface area contributed by atoms with Gasteiger partial charge in [-0.05, 0) is 24.5 Å². The van der Waals surface area contributed by atoms with Crippen LogP contribution in [0.25, 0.3) is 0 Å². The summed E-state index contributed by atoms with van der Waals surface area (Å²) >= 11 is 0. The Morgan fingerprint density at radius 1 is 1.32 bits per heavy atom. The Balaban J connectivity index is 2.74. The van der Waals surface area contributed by atoms with Crippen molar-refractivity contribution in [2.45, 2.75) is 27.7 Å². The van der Waals surface area contributed by atoms with Gasteiger partial charge in [-0.1, -0.05) is 38.5 Å². The minimum Gasteiger partial charge on any atom is -0.426 e. The lowest BCUT2D eigenvalue weighted by Gasteiger charge is -2.28. The van der Waals surface area contributed by atoms with E-state index in [4.69, 9.17) is 14.2 Å². The highest BCUT2D eigenvalue weighted by molar-refractivity contribution is 7.24. The molecule has 0 aliphatic carbocycles. The highest BCUT2D eigenvalue weighted by atomic mass is 31.1. The van der Waals surface area contributed by atoms with Gasteiger partial charge < -0.3 is 14.2 Å². The molecular weight excluding hydrogens is 263 g/mol. The van der Waals surface area contributed by atoms with E-state index in [9.17, 15) is 4.79 Å². The first-order valence-electron chi connectivity index (χ1n) is 6.14. The van der Waals surface area contributed by atoms with Crippen LogP contribution in [0.4, 0.5) is 0 Å². The molecule has 0 saturated carbocycles. The number of hydrogen-bond acceptors (Lipinski definition) is 4. The molecule has 0 heterocycles. The SMILES string of the molecule is Cc1ccc(OC(=O)C(COPO)C(C)(C)C)cc1. The monoisotopic (exact) mass is 284 g/mol. The van der Waals surface area contributed by atoms with Crippen molar-refractivity contribution in [3.8, 4) is 5.75 Å². The van der Waals surface area contributed by atoms with Crippen molar-refractivity contribution in [2.24, 2.45) is 11.3 Å². The molecule has 0 saturated heterocycles. The molecule has 0 bridgehead atoms. The van der Waals surface area contributed by atoms with E-state index in [-0.39, 0.29) is 18.0 Å². The Morgan fingerprint density at radius 3 is 2.37 bits per heavy atom. The van der Waals surface area contributed by atoms with Crippen LogP contribution in [0.5, 0.6) is 5.75 Å². The quantitative estimate of drug-likeness (QED) is 0.513. The van der Waals surface area contributed by atoms with E-state index in [1.807, 2.05) is 39.8 Å². The van der Waals surface area contributed by atoms with Gasteiger partial charge in [-0.2, -0.15) is 0 Å². The van der Waals surface area contributed by atoms with Crippen molar-refractivity contribution in [1.82, 2.24) is 0 Å². The predicted octanol–water partition coefficient (Wildman–Crippen LogP) is 3.08. The fraction of sp³-hybridized carbons (Fsp3) is 0.500. The second-order valence-electron chi connectivity index (χ2n) is 5.56. The molecule has 0 fully saturated rings. The Kier molecular flexibility index (Phi) is 5.92. The van der Waals surface area contributed by atoms with Crippen LogP contribution in [0.3, 0.4) is 0 Å². The van der Waals surface area contributed by atoms with Crippen LogP contribution in [0, 0.1) is 18.3 Å². The highest BCUT2D eigenvalue weighted by Gasteiger charge is 2.33. The van der Waals surface area contributed by atoms with Crippen LogP contribution in [0.1, 0.15) is 26.3 Å². The van der Waals surface area contributed by atoms with Crippen molar-refractivity contribution in [3.63, 3.8) is 0 Å². The van der Waals surface area contributed by atoms with Gasteiger partial charge in [0.2, 0.25) is 0 Å². The summed E-state index contributed by atoms with van der Waals surface area (Å²) in [7, 11) is -0.619. The first-order chi connectivity index (χ1) is 8.84. The number of ether oxygens (including phenoxy) is 1. The van der Waals surface area contributed by atoms with Crippen molar-refractivity contribution in [2.75, 3.05) is 6.61 Å². The minimum absolute atomic E-state index is 0.156. The summed E-state index contributed by atoms with van der Waals surface area (Å²) in [6.07, 6.45) is 0. The van der Waals surface area contributed by atoms with Gasteiger partial charge in [0, 0.05) is 0 Å². The third kappa shape index (κ3) is 5.27. The van der Waals surface area contributed by atoms with Crippen LogP contribution in [-0.2, 0) is 9.32 Å². The van der Waals surface area contributed by atoms with Crippen LogP contribution in [0.2, 0.25) is 0 Å². The van der Waals surface area contributed by atoms with Gasteiger partial charge in [-0.25, -0.2) is 0 Å². The number of benzene rings is 1. The van der Waals surface area contributed by atoms with E-state index in [1.165, 1.54) is 0 Å². The lowest BCUT2D eigenvalue weighted by Crippen LogP contribution is -2.35. The first-order valence-corrected chi connectivity index (χ1v) is 6.99. The lowest BCUT2D eigenvalue weighted by atomic mass is 9.81. The average molecular weight is 284 g/mol. The van der Waals surface area contributed by atoms with Crippen molar-refractivity contribution >= 4 is 15.0 Å². The predicted molar refractivity (Wildman–Crippen MR) is 76.2 cm³/mol. The maximum Gasteiger partial charge on any atom is 0.317 e. The smallest absolute Gasteiger partial charge is 0.317 e. The lowest BCUT2D eigenvalue weighted by molar-refractivity contribution is -0.143. The second-order valence-corrected chi connectivity index (χ2v) is 6.03. The molecule has 106 valence electrons. The third-order valence-corrected chi connectivity index (χ3v) is 3.18. The van der Waals surface area contributed by atoms with Gasteiger partial charge in [-0.3, -0.25) is 4.79 Å². The van der Waals surface area contributed by atoms with Crippen molar-refractivity contribution in [3.05, 3.63) is 29.8 Å². The molecule has 0 spiro atoms. The van der Waals surface area contributed by atoms with E-state index in [0.29, 0.717) is 5.75 Å². The van der Waals surface area contributed by atoms with Crippen LogP contribution in [-0.4, -0.2) is 17.5 Å². The Bertz CT molecular complexity index is 408. The molecule has 1 aromatic rings. The van der Waals surface area contributed by atoms with Crippen LogP contribution >= 0.6 is 9.03 Å². The van der Waals surface area contributed by atoms with Crippen LogP contribution in [0.15, 0.2) is 24.3 Å². The molecule has 0 aliphatic heterocycles. The molecule has 1 rings (SSSR count). The van der Waals surface area contributed by atoms with Gasteiger partial charge in [0.25, 0.3) is 0 Å². The largest absolute Gasteiger partial charge is 0.426 e. The van der Waals surface area contributed by atoms with Gasteiger partial charge in [0.05, 0.1) is 12.5 Å². The molecule has 2 atom stereocenters. The highest BCUT2D eigenvalue weighted by Crippen LogP contribution is 2.29. The number of hydrogen-bond donors (Lipinski definition) is 1. The Hall–Kier alpha value is -0.960. The number of carbonyl (C=O) groups excluding carboxylic acids is 1. The molecule has 5 heteroatoms. The summed E-state index contributed by atoms with van der Waals surface area (Å²) in [5, 5.41) is 0. The van der Waals surface area contributed by atoms with E-state index in [2.05, 4.69) is 0 Å². The summed E-state index contributed by atoms with van der Waals surface area (Å²) in [4.78, 5) is 20.9. The van der Waals surface area contributed by atoms with Gasteiger partial charge in [-0.15, -0.1) is 0 Å². The summed E-state index contributed by atoms with van der Waals surface area (Å²) in [5.41, 5.74) is 0.818. The van der Waals surface area contributed by atoms with Gasteiger partial charge >= 0.3 is 5.97 Å². The number of carbonyl (C=O) groups is 1. The third-order valence-electron chi connectivity index (χ3n) is 2.88. The van der Waals surface area contributed by atoms with Gasteiger partial charge in [0.15, 0.2) is 9.03 Å². The second kappa shape index (κ2) is 6.99. The molecule has 0 amide bonds. The van der Waals surface area contributed by atoms with Crippen LogP contribution < -0.4 is 4.74 Å². The Morgan fingerprint density at radius 2 is 1.89 bits per heavy atom. The molecule has 0 aromatic heterocycles. The van der Waals surface area contributed by atoms with E-state index in [1.54, 1.807) is 12.1 Å². The van der Waals surface area contributed by atoms with Crippen molar-refractivity contribution in [1.29, 1.82) is 0 Å². The molecule has 19 heavy (non-hydrogen) atoms. The molecule has 0 radical (unpaired) electrons. The maximum absolute atomic E-state index is 12.2. The molecule has 1 aromatic carbocycles. The van der Waals surface area contributed by atoms with Gasteiger partial charge in [0.1, 0.15) is 5.75 Å². The molecule has 1 N–H and O–H groups in total. The fourth-order valence-electron chi connectivity index (χ4n) is 1.59. The minimum atomic E-state index is -0.619. The molecule has 0 aliphatic rings. The number of esters is 1. The first kappa shape index (κ1) is 16.1. The van der Waals surface area contributed by atoms with E-state index >= 15 is 0 Å². The summed E-state index contributed by atoms with van der Waals surface area (Å²) < 4.78 is 10.3. The molecule has 2 unspecified atom stereocenters. The molecular formula is C14H21O4P. The topological polar surface area (TPSA) is 55.8 Å². The maximum atomic E-state index is 12.2. The van der Waals surface area contributed by atoms with Crippen molar-refractivity contribution < 1.29 is 18.9 Å². The number of aryl methyl sites for hydroxylation is 1. The van der Waals surface area contributed by atoms with E-state index in [0.717, 1.165) is 5.56 Å². The standard InChI is InChI=1S/C14H21O4P/c1-10-5-7-11(8-6-10)18-13(15)12(9-17-19-16)14(2,3)4/h5-8,12,16,19H,9H2,1-4H3. The number of rotatable bonds is 5. The zero-order valence-corrected chi connectivity index (χ0v) is 12.8. The zero-order valence-electron chi connectivity index (χ0n) is 11.8. The summed E-state index contributed by atoms with van der Waals surface area (Å²) in [5.74, 6) is -0.237. The summed E-state index contributed by atoms with van der Waals surface area (Å²) in [6, 6.07) is 7.31. The fourth-order valence-corrected chi connectivity index (χ4v) is 1.83. The normalized spacial score (nSPS) is 13.7. The summed E-state index contributed by atoms with van der Waals surface area (Å²) in [6.45, 7) is 7.95. The average Bonchev–Trinajstić information content (AvgIpc) is 2.31. The Labute approximate surface area is 116 Å². The zero-order chi connectivity index (χ0) is 14.5. The van der Waals surface area contributed by atoms with E-state index < -0.39 is 15.0 Å². The molecule has 4 nitrogen and oxygen atoms in total.